The highest BCUT2D eigenvalue weighted by molar-refractivity contribution is 6.34. The van der Waals surface area contributed by atoms with Crippen molar-refractivity contribution in [2.45, 2.75) is 20.8 Å². The van der Waals surface area contributed by atoms with Crippen molar-refractivity contribution in [2.24, 2.45) is 0 Å². The summed E-state index contributed by atoms with van der Waals surface area (Å²) in [4.78, 5) is 11.9. The maximum absolute atomic E-state index is 11.9. The summed E-state index contributed by atoms with van der Waals surface area (Å²) in [7, 11) is 0. The van der Waals surface area contributed by atoms with Crippen molar-refractivity contribution in [3.8, 4) is 0 Å². The molecule has 0 radical (unpaired) electrons. The molecular formula is C18H19ClN2O. The number of urea groups is 1. The molecule has 0 heterocycles. The Morgan fingerprint density at radius 3 is 2.50 bits per heavy atom. The van der Waals surface area contributed by atoms with Gasteiger partial charge in [-0.05, 0) is 55.2 Å². The summed E-state index contributed by atoms with van der Waals surface area (Å²) < 4.78 is 0. The van der Waals surface area contributed by atoms with Gasteiger partial charge in [0.1, 0.15) is 0 Å². The van der Waals surface area contributed by atoms with Gasteiger partial charge in [-0.2, -0.15) is 0 Å². The minimum Gasteiger partial charge on any atom is -0.314 e. The van der Waals surface area contributed by atoms with Crippen molar-refractivity contribution in [1.82, 2.24) is 5.32 Å². The van der Waals surface area contributed by atoms with Crippen LogP contribution in [0.1, 0.15) is 22.3 Å². The third-order valence-electron chi connectivity index (χ3n) is 3.34. The van der Waals surface area contributed by atoms with Crippen LogP contribution >= 0.6 is 11.6 Å². The number of benzene rings is 2. The summed E-state index contributed by atoms with van der Waals surface area (Å²) in [6, 6.07) is 11.4. The van der Waals surface area contributed by atoms with Gasteiger partial charge in [0.2, 0.25) is 0 Å². The molecule has 0 aliphatic rings. The molecule has 3 nitrogen and oxygen atoms in total. The van der Waals surface area contributed by atoms with Crippen LogP contribution in [0.15, 0.2) is 42.6 Å². The SMILES string of the molecule is Cc1cc(C)c(NC(=O)N/C=C/c2ccccc2C)c(Cl)c1. The molecule has 2 aromatic carbocycles. The van der Waals surface area contributed by atoms with Gasteiger partial charge >= 0.3 is 6.03 Å². The van der Waals surface area contributed by atoms with E-state index in [0.29, 0.717) is 10.7 Å². The highest BCUT2D eigenvalue weighted by atomic mass is 35.5. The van der Waals surface area contributed by atoms with Crippen molar-refractivity contribution < 1.29 is 4.79 Å². The summed E-state index contributed by atoms with van der Waals surface area (Å²) in [5.41, 5.74) is 4.84. The van der Waals surface area contributed by atoms with Crippen LogP contribution in [0, 0.1) is 20.8 Å². The van der Waals surface area contributed by atoms with Crippen molar-refractivity contribution in [1.29, 1.82) is 0 Å². The standard InChI is InChI=1S/C18H19ClN2O/c1-12-10-14(3)17(16(19)11-12)21-18(22)20-9-8-15-7-5-4-6-13(15)2/h4-11H,1-3H3,(H2,20,21,22)/b9-8+. The molecule has 4 heteroatoms. The fraction of sp³-hybridized carbons (Fsp3) is 0.167. The van der Waals surface area contributed by atoms with Crippen LogP contribution in [-0.4, -0.2) is 6.03 Å². The minimum atomic E-state index is -0.321. The van der Waals surface area contributed by atoms with Crippen LogP contribution in [0.3, 0.4) is 0 Å². The van der Waals surface area contributed by atoms with Crippen molar-refractivity contribution in [3.05, 3.63) is 69.9 Å². The maximum atomic E-state index is 11.9. The lowest BCUT2D eigenvalue weighted by atomic mass is 10.1. The average Bonchev–Trinajstić information content (AvgIpc) is 2.45. The zero-order valence-electron chi connectivity index (χ0n) is 12.9. The highest BCUT2D eigenvalue weighted by Gasteiger charge is 2.08. The van der Waals surface area contributed by atoms with Gasteiger partial charge in [0, 0.05) is 6.20 Å². The Morgan fingerprint density at radius 1 is 1.09 bits per heavy atom. The van der Waals surface area contributed by atoms with Crippen LogP contribution in [0.5, 0.6) is 0 Å². The van der Waals surface area contributed by atoms with Crippen molar-refractivity contribution in [2.75, 3.05) is 5.32 Å². The van der Waals surface area contributed by atoms with Gasteiger partial charge in [0.25, 0.3) is 0 Å². The average molecular weight is 315 g/mol. The Morgan fingerprint density at radius 2 is 1.82 bits per heavy atom. The summed E-state index contributed by atoms with van der Waals surface area (Å²) in [5.74, 6) is 0. The Balaban J connectivity index is 2.01. The van der Waals surface area contributed by atoms with E-state index in [2.05, 4.69) is 10.6 Å². The first-order valence-electron chi connectivity index (χ1n) is 7.04. The molecule has 2 N–H and O–H groups in total. The van der Waals surface area contributed by atoms with Crippen LogP contribution in [-0.2, 0) is 0 Å². The second kappa shape index (κ2) is 7.14. The number of aryl methyl sites for hydroxylation is 3. The number of hydrogen-bond donors (Lipinski definition) is 2. The third-order valence-corrected chi connectivity index (χ3v) is 3.63. The van der Waals surface area contributed by atoms with Crippen LogP contribution in [0.2, 0.25) is 5.02 Å². The van der Waals surface area contributed by atoms with E-state index in [4.69, 9.17) is 11.6 Å². The van der Waals surface area contributed by atoms with Crippen molar-refractivity contribution in [3.63, 3.8) is 0 Å². The lowest BCUT2D eigenvalue weighted by molar-refractivity contribution is 0.255. The molecule has 0 bridgehead atoms. The monoisotopic (exact) mass is 314 g/mol. The van der Waals surface area contributed by atoms with Gasteiger partial charge in [-0.3, -0.25) is 0 Å². The molecule has 0 saturated heterocycles. The molecule has 0 saturated carbocycles. The molecule has 22 heavy (non-hydrogen) atoms. The minimum absolute atomic E-state index is 0.321. The van der Waals surface area contributed by atoms with Gasteiger partial charge in [0.05, 0.1) is 10.7 Å². The van der Waals surface area contributed by atoms with Gasteiger partial charge in [0.15, 0.2) is 0 Å². The topological polar surface area (TPSA) is 41.1 Å². The zero-order valence-corrected chi connectivity index (χ0v) is 13.7. The Hall–Kier alpha value is -2.26. The molecule has 0 aromatic heterocycles. The van der Waals surface area contributed by atoms with E-state index in [-0.39, 0.29) is 6.03 Å². The molecule has 0 aliphatic heterocycles. The summed E-state index contributed by atoms with van der Waals surface area (Å²) >= 11 is 6.17. The second-order valence-electron chi connectivity index (χ2n) is 5.23. The van der Waals surface area contributed by atoms with E-state index in [9.17, 15) is 4.79 Å². The number of carbonyl (C=O) groups excluding carboxylic acids is 1. The number of anilines is 1. The van der Waals surface area contributed by atoms with Gasteiger partial charge < -0.3 is 10.6 Å². The lowest BCUT2D eigenvalue weighted by Crippen LogP contribution is -2.24. The first kappa shape index (κ1) is 16.1. The number of halogens is 1. The Labute approximate surface area is 136 Å². The Kier molecular flexibility index (Phi) is 5.23. The fourth-order valence-corrected chi connectivity index (χ4v) is 2.57. The van der Waals surface area contributed by atoms with Gasteiger partial charge in [-0.25, -0.2) is 4.79 Å². The lowest BCUT2D eigenvalue weighted by Gasteiger charge is -2.11. The van der Waals surface area contributed by atoms with E-state index < -0.39 is 0 Å². The fourth-order valence-electron chi connectivity index (χ4n) is 2.20. The number of hydrogen-bond acceptors (Lipinski definition) is 1. The smallest absolute Gasteiger partial charge is 0.314 e. The molecule has 114 valence electrons. The number of rotatable bonds is 3. The van der Waals surface area contributed by atoms with E-state index in [1.54, 1.807) is 6.20 Å². The van der Waals surface area contributed by atoms with E-state index in [1.165, 1.54) is 0 Å². The molecule has 0 fully saturated rings. The largest absolute Gasteiger partial charge is 0.323 e. The van der Waals surface area contributed by atoms with Crippen LogP contribution in [0.25, 0.3) is 6.08 Å². The molecule has 0 aliphatic carbocycles. The normalized spacial score (nSPS) is 10.7. The van der Waals surface area contributed by atoms with Crippen LogP contribution < -0.4 is 10.6 Å². The predicted molar refractivity (Wildman–Crippen MR) is 93.3 cm³/mol. The van der Waals surface area contributed by atoms with Crippen molar-refractivity contribution >= 4 is 29.4 Å². The molecule has 2 aromatic rings. The predicted octanol–water partition coefficient (Wildman–Crippen LogP) is 5.06. The molecular weight excluding hydrogens is 296 g/mol. The number of amides is 2. The molecule has 0 unspecified atom stereocenters. The molecule has 0 atom stereocenters. The molecule has 2 amide bonds. The molecule has 2 rings (SSSR count). The third kappa shape index (κ3) is 4.12. The van der Waals surface area contributed by atoms with E-state index in [0.717, 1.165) is 22.3 Å². The quantitative estimate of drug-likeness (QED) is 0.817. The Bertz CT molecular complexity index is 700. The summed E-state index contributed by atoms with van der Waals surface area (Å²) in [5, 5.41) is 6.00. The number of nitrogens with one attached hydrogen (secondary N) is 2. The second-order valence-corrected chi connectivity index (χ2v) is 5.63. The summed E-state index contributed by atoms with van der Waals surface area (Å²) in [6.45, 7) is 5.90. The zero-order chi connectivity index (χ0) is 16.1. The van der Waals surface area contributed by atoms with Gasteiger partial charge in [-0.15, -0.1) is 0 Å². The molecule has 0 spiro atoms. The number of carbonyl (C=O) groups is 1. The van der Waals surface area contributed by atoms with Crippen LogP contribution in [0.4, 0.5) is 10.5 Å². The van der Waals surface area contributed by atoms with E-state index in [1.807, 2.05) is 63.2 Å². The maximum Gasteiger partial charge on any atom is 0.323 e. The summed E-state index contributed by atoms with van der Waals surface area (Å²) in [6.07, 6.45) is 3.48. The highest BCUT2D eigenvalue weighted by Crippen LogP contribution is 2.27. The first-order valence-corrected chi connectivity index (χ1v) is 7.41. The first-order chi connectivity index (χ1) is 10.5. The van der Waals surface area contributed by atoms with E-state index >= 15 is 0 Å². The van der Waals surface area contributed by atoms with Gasteiger partial charge in [-0.1, -0.05) is 41.9 Å².